The molecular formula is C15H29N3O2. The highest BCUT2D eigenvalue weighted by Gasteiger charge is 2.38. The van der Waals surface area contributed by atoms with Gasteiger partial charge in [-0.05, 0) is 45.2 Å². The molecular weight excluding hydrogens is 254 g/mol. The second-order valence-electron chi connectivity index (χ2n) is 6.25. The van der Waals surface area contributed by atoms with Crippen LogP contribution >= 0.6 is 0 Å². The maximum atomic E-state index is 12.4. The second kappa shape index (κ2) is 7.62. The molecule has 0 aromatic carbocycles. The lowest BCUT2D eigenvalue weighted by molar-refractivity contribution is -0.136. The van der Waals surface area contributed by atoms with Crippen LogP contribution in [0.25, 0.3) is 0 Å². The van der Waals surface area contributed by atoms with Gasteiger partial charge in [-0.1, -0.05) is 20.8 Å². The quantitative estimate of drug-likeness (QED) is 0.682. The van der Waals surface area contributed by atoms with Crippen molar-refractivity contribution >= 4 is 11.8 Å². The monoisotopic (exact) mass is 283 g/mol. The van der Waals surface area contributed by atoms with Gasteiger partial charge in [-0.2, -0.15) is 0 Å². The van der Waals surface area contributed by atoms with Gasteiger partial charge in [-0.15, -0.1) is 0 Å². The average molecular weight is 283 g/mol. The van der Waals surface area contributed by atoms with Gasteiger partial charge in [0.15, 0.2) is 0 Å². The molecule has 1 fully saturated rings. The topological polar surface area (TPSA) is 70.2 Å². The lowest BCUT2D eigenvalue weighted by Gasteiger charge is -2.36. The minimum Gasteiger partial charge on any atom is -0.354 e. The van der Waals surface area contributed by atoms with Crippen molar-refractivity contribution in [3.63, 3.8) is 0 Å². The highest BCUT2D eigenvalue weighted by atomic mass is 16.2. The predicted octanol–water partition coefficient (Wildman–Crippen LogP) is 1.04. The summed E-state index contributed by atoms with van der Waals surface area (Å²) in [6.07, 6.45) is 3.06. The Labute approximate surface area is 122 Å². The molecule has 3 N–H and O–H groups in total. The number of nitrogens with one attached hydrogen (secondary N) is 3. The van der Waals surface area contributed by atoms with E-state index in [4.69, 9.17) is 0 Å². The van der Waals surface area contributed by atoms with Crippen molar-refractivity contribution in [2.45, 2.75) is 53.0 Å². The summed E-state index contributed by atoms with van der Waals surface area (Å²) >= 11 is 0. The Balaban J connectivity index is 2.53. The number of hydrogen-bond donors (Lipinski definition) is 3. The van der Waals surface area contributed by atoms with Crippen LogP contribution in [-0.2, 0) is 9.59 Å². The molecule has 5 heteroatoms. The Morgan fingerprint density at radius 3 is 2.65 bits per heavy atom. The Morgan fingerprint density at radius 1 is 1.40 bits per heavy atom. The SMILES string of the molecule is CCCNC(=O)C(C)NC(=O)C(C)(C)C1CCCNC1. The standard InChI is InChI=1S/C15H29N3O2/c1-5-8-17-13(19)11(2)18-14(20)15(3,4)12-7-6-9-16-10-12/h11-12,16H,5-10H2,1-4H3,(H,17,19)(H,18,20). The summed E-state index contributed by atoms with van der Waals surface area (Å²) in [5, 5.41) is 8.99. The Bertz CT molecular complexity index is 336. The number of carbonyl (C=O) groups excluding carboxylic acids is 2. The first-order valence-corrected chi connectivity index (χ1v) is 7.69. The first kappa shape index (κ1) is 17.0. The van der Waals surface area contributed by atoms with E-state index in [0.717, 1.165) is 32.4 Å². The van der Waals surface area contributed by atoms with Gasteiger partial charge in [0.05, 0.1) is 0 Å². The van der Waals surface area contributed by atoms with Crippen LogP contribution in [0.1, 0.15) is 47.0 Å². The minimum absolute atomic E-state index is 0.0367. The second-order valence-corrected chi connectivity index (χ2v) is 6.25. The molecule has 2 unspecified atom stereocenters. The molecule has 1 saturated heterocycles. The molecule has 1 aliphatic heterocycles. The smallest absolute Gasteiger partial charge is 0.242 e. The van der Waals surface area contributed by atoms with Crippen LogP contribution in [0.3, 0.4) is 0 Å². The molecule has 0 aliphatic carbocycles. The zero-order chi connectivity index (χ0) is 15.2. The fraction of sp³-hybridized carbons (Fsp3) is 0.867. The van der Waals surface area contributed by atoms with Gasteiger partial charge < -0.3 is 16.0 Å². The fourth-order valence-corrected chi connectivity index (χ4v) is 2.50. The normalized spacial score (nSPS) is 21.1. The van der Waals surface area contributed by atoms with Crippen molar-refractivity contribution in [1.82, 2.24) is 16.0 Å². The summed E-state index contributed by atoms with van der Waals surface area (Å²) in [4.78, 5) is 24.2. The van der Waals surface area contributed by atoms with Crippen LogP contribution in [0.2, 0.25) is 0 Å². The maximum absolute atomic E-state index is 12.4. The van der Waals surface area contributed by atoms with E-state index in [2.05, 4.69) is 16.0 Å². The molecule has 1 rings (SSSR count). The van der Waals surface area contributed by atoms with E-state index in [1.165, 1.54) is 0 Å². The Morgan fingerprint density at radius 2 is 2.10 bits per heavy atom. The van der Waals surface area contributed by atoms with E-state index in [1.807, 2.05) is 20.8 Å². The predicted molar refractivity (Wildman–Crippen MR) is 80.3 cm³/mol. The van der Waals surface area contributed by atoms with Gasteiger partial charge in [-0.25, -0.2) is 0 Å². The molecule has 0 bridgehead atoms. The van der Waals surface area contributed by atoms with Gasteiger partial charge in [0.1, 0.15) is 6.04 Å². The van der Waals surface area contributed by atoms with E-state index < -0.39 is 11.5 Å². The third-order valence-corrected chi connectivity index (χ3v) is 4.19. The van der Waals surface area contributed by atoms with Crippen molar-refractivity contribution in [3.8, 4) is 0 Å². The van der Waals surface area contributed by atoms with Gasteiger partial charge in [-0.3, -0.25) is 9.59 Å². The van der Waals surface area contributed by atoms with Gasteiger partial charge in [0.25, 0.3) is 0 Å². The molecule has 0 aromatic heterocycles. The summed E-state index contributed by atoms with van der Waals surface area (Å²) in [5.74, 6) is 0.172. The zero-order valence-corrected chi connectivity index (χ0v) is 13.2. The fourth-order valence-electron chi connectivity index (χ4n) is 2.50. The van der Waals surface area contributed by atoms with Gasteiger partial charge in [0, 0.05) is 12.0 Å². The molecule has 116 valence electrons. The number of hydrogen-bond acceptors (Lipinski definition) is 3. The molecule has 0 radical (unpaired) electrons. The molecule has 1 heterocycles. The van der Waals surface area contributed by atoms with Crippen molar-refractivity contribution in [2.24, 2.45) is 11.3 Å². The van der Waals surface area contributed by atoms with Crippen LogP contribution in [-0.4, -0.2) is 37.5 Å². The first-order chi connectivity index (χ1) is 9.39. The summed E-state index contributed by atoms with van der Waals surface area (Å²) in [6, 6.07) is -0.482. The van der Waals surface area contributed by atoms with Gasteiger partial charge >= 0.3 is 0 Å². The van der Waals surface area contributed by atoms with E-state index in [-0.39, 0.29) is 11.8 Å². The number of piperidine rings is 1. The summed E-state index contributed by atoms with van der Waals surface area (Å²) in [5.41, 5.74) is -0.452. The summed E-state index contributed by atoms with van der Waals surface area (Å²) < 4.78 is 0. The van der Waals surface area contributed by atoms with Crippen LogP contribution in [0.4, 0.5) is 0 Å². The van der Waals surface area contributed by atoms with E-state index in [1.54, 1.807) is 6.92 Å². The van der Waals surface area contributed by atoms with Crippen molar-refractivity contribution in [2.75, 3.05) is 19.6 Å². The van der Waals surface area contributed by atoms with E-state index in [0.29, 0.717) is 12.5 Å². The highest BCUT2D eigenvalue weighted by Crippen LogP contribution is 2.31. The van der Waals surface area contributed by atoms with E-state index >= 15 is 0 Å². The molecule has 0 saturated carbocycles. The van der Waals surface area contributed by atoms with E-state index in [9.17, 15) is 9.59 Å². The molecule has 1 aliphatic rings. The largest absolute Gasteiger partial charge is 0.354 e. The third-order valence-electron chi connectivity index (χ3n) is 4.19. The number of carbonyl (C=O) groups is 2. The number of rotatable bonds is 6. The average Bonchev–Trinajstić information content (AvgIpc) is 2.45. The highest BCUT2D eigenvalue weighted by molar-refractivity contribution is 5.89. The minimum atomic E-state index is -0.482. The molecule has 0 spiro atoms. The van der Waals surface area contributed by atoms with Crippen LogP contribution in [0, 0.1) is 11.3 Å². The molecule has 0 aromatic rings. The third kappa shape index (κ3) is 4.47. The molecule has 2 atom stereocenters. The lowest BCUT2D eigenvalue weighted by Crippen LogP contribution is -2.52. The first-order valence-electron chi connectivity index (χ1n) is 7.69. The zero-order valence-electron chi connectivity index (χ0n) is 13.2. The van der Waals surface area contributed by atoms with Crippen molar-refractivity contribution < 1.29 is 9.59 Å². The molecule has 2 amide bonds. The molecule has 20 heavy (non-hydrogen) atoms. The maximum Gasteiger partial charge on any atom is 0.242 e. The Hall–Kier alpha value is -1.10. The van der Waals surface area contributed by atoms with Gasteiger partial charge in [0.2, 0.25) is 11.8 Å². The van der Waals surface area contributed by atoms with Crippen LogP contribution in [0.5, 0.6) is 0 Å². The summed E-state index contributed by atoms with van der Waals surface area (Å²) in [7, 11) is 0. The lowest BCUT2D eigenvalue weighted by atomic mass is 9.74. The van der Waals surface area contributed by atoms with Crippen molar-refractivity contribution in [1.29, 1.82) is 0 Å². The Kier molecular flexibility index (Phi) is 6.46. The van der Waals surface area contributed by atoms with Crippen molar-refractivity contribution in [3.05, 3.63) is 0 Å². The molecule has 5 nitrogen and oxygen atoms in total. The number of amides is 2. The van der Waals surface area contributed by atoms with Crippen LogP contribution in [0.15, 0.2) is 0 Å². The van der Waals surface area contributed by atoms with Crippen LogP contribution < -0.4 is 16.0 Å². The summed E-state index contributed by atoms with van der Waals surface area (Å²) in [6.45, 7) is 10.2.